The van der Waals surface area contributed by atoms with Crippen molar-refractivity contribution in [2.75, 3.05) is 0 Å². The van der Waals surface area contributed by atoms with E-state index in [9.17, 15) is 14.0 Å². The van der Waals surface area contributed by atoms with Gasteiger partial charge in [-0.05, 0) is 36.4 Å². The van der Waals surface area contributed by atoms with Crippen molar-refractivity contribution >= 4 is 79.9 Å². The molecule has 5 nitrogen and oxygen atoms in total. The molecule has 1 heterocycles. The first-order chi connectivity index (χ1) is 10.5. The van der Waals surface area contributed by atoms with Gasteiger partial charge >= 0.3 is 5.97 Å². The van der Waals surface area contributed by atoms with Crippen LogP contribution in [-0.2, 0) is 0 Å². The molecule has 0 saturated heterocycles. The van der Waals surface area contributed by atoms with E-state index < -0.39 is 22.9 Å². The van der Waals surface area contributed by atoms with Gasteiger partial charge in [0.1, 0.15) is 5.82 Å². The topological polar surface area (TPSA) is 72.2 Å². The average Bonchev–Trinajstić information content (AvgIpc) is 2.48. The second kappa shape index (κ2) is 7.21. The monoisotopic (exact) mass is 357 g/mol. The number of benzene rings is 2. The van der Waals surface area contributed by atoms with Crippen LogP contribution >= 0.6 is 11.6 Å². The van der Waals surface area contributed by atoms with Gasteiger partial charge in [0.25, 0.3) is 0 Å². The Bertz CT molecular complexity index is 957. The van der Waals surface area contributed by atoms with Gasteiger partial charge in [0.2, 0.25) is 11.1 Å². The standard InChI is InChI=1S/C15H8ClFN2O3.K/c16-8-4-6-9(7-5-8)19-11-3-1-2-10(17)12(11)14(20)13(18-19)15(21)22;/h1-7H,(H,21,22);. The zero-order valence-electron chi connectivity index (χ0n) is 12.0. The van der Waals surface area contributed by atoms with Gasteiger partial charge in [0.15, 0.2) is 0 Å². The number of fused-ring (bicyclic) bond motifs is 1. The first-order valence-corrected chi connectivity index (χ1v) is 6.57. The minimum absolute atomic E-state index is 0. The molecule has 0 bridgehead atoms. The molecular formula is C15H8ClFKN2O3. The van der Waals surface area contributed by atoms with Crippen LogP contribution in [0.15, 0.2) is 47.3 Å². The van der Waals surface area contributed by atoms with Crippen molar-refractivity contribution < 1.29 is 14.3 Å². The third-order valence-corrected chi connectivity index (χ3v) is 3.39. The predicted octanol–water partition coefficient (Wildman–Crippen LogP) is 2.50. The van der Waals surface area contributed by atoms with Gasteiger partial charge in [-0.2, -0.15) is 5.10 Å². The molecule has 1 aromatic heterocycles. The summed E-state index contributed by atoms with van der Waals surface area (Å²) in [7, 11) is 0. The fraction of sp³-hybridized carbons (Fsp3) is 0. The largest absolute Gasteiger partial charge is 0.476 e. The van der Waals surface area contributed by atoms with E-state index in [-0.39, 0.29) is 62.3 Å². The van der Waals surface area contributed by atoms with Crippen LogP contribution in [0.3, 0.4) is 0 Å². The van der Waals surface area contributed by atoms with E-state index in [1.54, 1.807) is 24.3 Å². The van der Waals surface area contributed by atoms with Gasteiger partial charge in [0.05, 0.1) is 16.6 Å². The summed E-state index contributed by atoms with van der Waals surface area (Å²) in [5.74, 6) is -2.31. The van der Waals surface area contributed by atoms with Crippen molar-refractivity contribution in [1.82, 2.24) is 9.78 Å². The smallest absolute Gasteiger partial charge is 0.360 e. The number of carbonyl (C=O) groups is 1. The second-order valence-corrected chi connectivity index (χ2v) is 4.94. The van der Waals surface area contributed by atoms with E-state index in [4.69, 9.17) is 16.7 Å². The predicted molar refractivity (Wildman–Crippen MR) is 85.0 cm³/mol. The minimum atomic E-state index is -1.52. The van der Waals surface area contributed by atoms with Crippen molar-refractivity contribution in [3.8, 4) is 5.69 Å². The molecule has 1 N–H and O–H groups in total. The zero-order chi connectivity index (χ0) is 15.9. The van der Waals surface area contributed by atoms with Crippen molar-refractivity contribution in [2.45, 2.75) is 0 Å². The molecule has 23 heavy (non-hydrogen) atoms. The molecule has 0 aliphatic carbocycles. The number of nitrogens with zero attached hydrogens (tertiary/aromatic N) is 2. The van der Waals surface area contributed by atoms with Crippen LogP contribution in [0.1, 0.15) is 10.5 Å². The summed E-state index contributed by atoms with van der Waals surface area (Å²) in [5.41, 5.74) is -1.06. The van der Waals surface area contributed by atoms with Crippen LogP contribution in [0.25, 0.3) is 16.6 Å². The molecular weight excluding hydrogens is 350 g/mol. The normalized spacial score (nSPS) is 10.3. The zero-order valence-corrected chi connectivity index (χ0v) is 15.8. The van der Waals surface area contributed by atoms with E-state index in [1.165, 1.54) is 16.8 Å². The van der Waals surface area contributed by atoms with Gasteiger partial charge in [-0.1, -0.05) is 17.7 Å². The van der Waals surface area contributed by atoms with Gasteiger partial charge in [0, 0.05) is 56.4 Å². The molecule has 1 radical (unpaired) electrons. The molecule has 0 amide bonds. The Morgan fingerprint density at radius 1 is 1.17 bits per heavy atom. The summed E-state index contributed by atoms with van der Waals surface area (Å²) in [6, 6.07) is 10.4. The van der Waals surface area contributed by atoms with E-state index in [1.807, 2.05) is 0 Å². The summed E-state index contributed by atoms with van der Waals surface area (Å²) in [6.45, 7) is 0. The molecule has 0 aliphatic heterocycles. The Morgan fingerprint density at radius 3 is 2.43 bits per heavy atom. The minimum Gasteiger partial charge on any atom is -0.476 e. The van der Waals surface area contributed by atoms with Gasteiger partial charge < -0.3 is 5.11 Å². The number of hydrogen-bond acceptors (Lipinski definition) is 3. The fourth-order valence-corrected chi connectivity index (χ4v) is 2.28. The molecule has 0 fully saturated rings. The van der Waals surface area contributed by atoms with E-state index in [0.717, 1.165) is 6.07 Å². The summed E-state index contributed by atoms with van der Waals surface area (Å²) in [5, 5.41) is 13.1. The van der Waals surface area contributed by atoms with Crippen LogP contribution < -0.4 is 5.43 Å². The van der Waals surface area contributed by atoms with E-state index >= 15 is 0 Å². The molecule has 0 spiro atoms. The van der Waals surface area contributed by atoms with Crippen LogP contribution in [0.4, 0.5) is 4.39 Å². The van der Waals surface area contributed by atoms with Gasteiger partial charge in [-0.25, -0.2) is 13.9 Å². The molecule has 111 valence electrons. The third kappa shape index (κ3) is 3.40. The number of aromatic carboxylic acids is 1. The second-order valence-electron chi connectivity index (χ2n) is 4.51. The van der Waals surface area contributed by atoms with E-state index in [2.05, 4.69) is 5.10 Å². The Kier molecular flexibility index (Phi) is 5.72. The van der Waals surface area contributed by atoms with Crippen LogP contribution in [0.2, 0.25) is 5.02 Å². The van der Waals surface area contributed by atoms with Crippen LogP contribution in [-0.4, -0.2) is 72.2 Å². The first kappa shape index (κ1) is 18.2. The van der Waals surface area contributed by atoms with E-state index in [0.29, 0.717) is 10.7 Å². The number of hydrogen-bond donors (Lipinski definition) is 1. The first-order valence-electron chi connectivity index (χ1n) is 6.20. The number of aromatic nitrogens is 2. The van der Waals surface area contributed by atoms with Crippen LogP contribution in [0, 0.1) is 5.82 Å². The maximum absolute atomic E-state index is 14.0. The molecule has 0 saturated carbocycles. The SMILES string of the molecule is O=C(O)c1nn(-c2ccc(Cl)cc2)c2cccc(F)c2c1=O.[K]. The van der Waals surface area contributed by atoms with Crippen molar-refractivity contribution in [3.05, 3.63) is 69.2 Å². The number of carboxylic acid groups (broad SMARTS) is 1. The summed E-state index contributed by atoms with van der Waals surface area (Å²) >= 11 is 5.82. The molecule has 3 rings (SSSR count). The molecule has 0 atom stereocenters. The molecule has 2 aromatic carbocycles. The summed E-state index contributed by atoms with van der Waals surface area (Å²) < 4.78 is 15.2. The molecule has 0 aliphatic rings. The Labute approximate surface area is 177 Å². The van der Waals surface area contributed by atoms with Crippen molar-refractivity contribution in [2.24, 2.45) is 0 Å². The number of carboxylic acids is 1. The molecule has 8 heteroatoms. The Balaban J connectivity index is 0.00000192. The number of halogens is 2. The summed E-state index contributed by atoms with van der Waals surface area (Å²) in [6.07, 6.45) is 0. The Hall–Kier alpha value is -1.09. The van der Waals surface area contributed by atoms with Crippen LogP contribution in [0.5, 0.6) is 0 Å². The van der Waals surface area contributed by atoms with Gasteiger partial charge in [-0.3, -0.25) is 4.79 Å². The molecule has 3 aromatic rings. The van der Waals surface area contributed by atoms with Crippen molar-refractivity contribution in [1.29, 1.82) is 0 Å². The summed E-state index contributed by atoms with van der Waals surface area (Å²) in [4.78, 5) is 23.3. The van der Waals surface area contributed by atoms with Crippen molar-refractivity contribution in [3.63, 3.8) is 0 Å². The average molecular weight is 358 g/mol. The Morgan fingerprint density at radius 2 is 1.83 bits per heavy atom. The third-order valence-electron chi connectivity index (χ3n) is 3.14. The maximum Gasteiger partial charge on any atom is 0.360 e. The molecule has 0 unspecified atom stereocenters. The number of rotatable bonds is 2. The fourth-order valence-electron chi connectivity index (χ4n) is 2.15. The van der Waals surface area contributed by atoms with Gasteiger partial charge in [-0.15, -0.1) is 0 Å². The quantitative estimate of drug-likeness (QED) is 0.715. The maximum atomic E-state index is 14.0.